The van der Waals surface area contributed by atoms with Crippen LogP contribution < -0.4 is 19.1 Å². The molecule has 3 aromatic carbocycles. The van der Waals surface area contributed by atoms with Crippen molar-refractivity contribution < 1.29 is 36.1 Å². The maximum atomic E-state index is 13.3. The number of barbiturate groups is 1. The smallest absolute Gasteiger partial charge is 0.339 e. The number of carbonyl (C=O) groups is 3. The molecule has 0 spiro atoms. The molecule has 0 radical (unpaired) electrons. The number of imide groups is 2. The predicted octanol–water partition coefficient (Wildman–Crippen LogP) is 3.97. The Balaban J connectivity index is 1.67. The number of nitrogens with one attached hydrogen (secondary N) is 1. The van der Waals surface area contributed by atoms with Crippen LogP contribution in [0.1, 0.15) is 18.1 Å². The zero-order chi connectivity index (χ0) is 26.7. The molecule has 0 saturated carbocycles. The maximum absolute atomic E-state index is 13.3. The van der Waals surface area contributed by atoms with Crippen molar-refractivity contribution in [2.45, 2.75) is 18.7 Å². The molecule has 4 amide bonds. The highest BCUT2D eigenvalue weighted by molar-refractivity contribution is 7.87. The van der Waals surface area contributed by atoms with Crippen molar-refractivity contribution in [2.24, 2.45) is 0 Å². The summed E-state index contributed by atoms with van der Waals surface area (Å²) in [5.74, 6) is -2.43. The number of carbonyl (C=O) groups excluding carboxylic acids is 3. The van der Waals surface area contributed by atoms with Crippen LogP contribution in [0.25, 0.3) is 6.08 Å². The van der Waals surface area contributed by atoms with Gasteiger partial charge < -0.3 is 8.92 Å². The average molecular weight is 525 g/mol. The Hall–Kier alpha value is -4.51. The van der Waals surface area contributed by atoms with Gasteiger partial charge in [0.05, 0.1) is 12.3 Å². The van der Waals surface area contributed by atoms with E-state index >= 15 is 0 Å². The van der Waals surface area contributed by atoms with Gasteiger partial charge in [0.2, 0.25) is 0 Å². The second-order valence-corrected chi connectivity index (χ2v) is 9.47. The summed E-state index contributed by atoms with van der Waals surface area (Å²) in [4.78, 5) is 38.5. The number of urea groups is 1. The molecule has 9 nitrogen and oxygen atoms in total. The minimum Gasteiger partial charge on any atom is -0.490 e. The molecule has 190 valence electrons. The molecule has 0 bridgehead atoms. The van der Waals surface area contributed by atoms with Crippen LogP contribution in [0.3, 0.4) is 0 Å². The molecule has 37 heavy (non-hydrogen) atoms. The van der Waals surface area contributed by atoms with Crippen LogP contribution in [0.5, 0.6) is 11.5 Å². The Morgan fingerprint density at radius 1 is 0.946 bits per heavy atom. The lowest BCUT2D eigenvalue weighted by Crippen LogP contribution is -2.54. The predicted molar refractivity (Wildman–Crippen MR) is 132 cm³/mol. The topological polar surface area (TPSA) is 119 Å². The maximum Gasteiger partial charge on any atom is 0.339 e. The lowest BCUT2D eigenvalue weighted by Gasteiger charge is -2.26. The minimum atomic E-state index is -4.16. The molecule has 4 rings (SSSR count). The highest BCUT2D eigenvalue weighted by Gasteiger charge is 2.36. The van der Waals surface area contributed by atoms with Gasteiger partial charge in [0.25, 0.3) is 11.8 Å². The number of hydrogen-bond donors (Lipinski definition) is 1. The van der Waals surface area contributed by atoms with Gasteiger partial charge in [0.1, 0.15) is 16.3 Å². The van der Waals surface area contributed by atoms with E-state index in [1.807, 2.05) is 6.92 Å². The molecule has 0 aliphatic carbocycles. The molecular formula is C26H21FN2O7S. The van der Waals surface area contributed by atoms with E-state index in [0.717, 1.165) is 17.7 Å². The zero-order valence-corrected chi connectivity index (χ0v) is 20.5. The van der Waals surface area contributed by atoms with E-state index in [2.05, 4.69) is 5.32 Å². The Labute approximate surface area is 212 Å². The van der Waals surface area contributed by atoms with Crippen molar-refractivity contribution in [3.63, 3.8) is 0 Å². The summed E-state index contributed by atoms with van der Waals surface area (Å²) in [6, 6.07) is 13.9. The van der Waals surface area contributed by atoms with Crippen molar-refractivity contribution >= 4 is 39.7 Å². The van der Waals surface area contributed by atoms with Crippen LogP contribution in [0.2, 0.25) is 0 Å². The Bertz CT molecular complexity index is 1520. The Kier molecular flexibility index (Phi) is 7.07. The second kappa shape index (κ2) is 10.2. The number of anilines is 1. The lowest BCUT2D eigenvalue weighted by atomic mass is 10.1. The fraction of sp³-hybridized carbons (Fsp3) is 0.115. The van der Waals surface area contributed by atoms with Crippen molar-refractivity contribution in [3.8, 4) is 11.5 Å². The van der Waals surface area contributed by atoms with Crippen molar-refractivity contribution in [2.75, 3.05) is 11.5 Å². The summed E-state index contributed by atoms with van der Waals surface area (Å²) < 4.78 is 49.6. The molecule has 1 fully saturated rings. The lowest BCUT2D eigenvalue weighted by molar-refractivity contribution is -0.122. The van der Waals surface area contributed by atoms with E-state index in [1.54, 1.807) is 19.1 Å². The van der Waals surface area contributed by atoms with E-state index in [1.165, 1.54) is 48.5 Å². The standard InChI is InChI=1S/C26H21FN2O7S/c1-3-35-23-15-17(6-13-22(23)36-37(33,34)20-11-4-16(2)5-12-20)14-21-24(30)28-26(32)29(25(21)31)19-9-7-18(27)8-10-19/h4-15H,3H2,1-2H3,(H,28,30,32)/b21-14+. The van der Waals surface area contributed by atoms with Gasteiger partial charge in [-0.15, -0.1) is 0 Å². The third kappa shape index (κ3) is 5.51. The van der Waals surface area contributed by atoms with E-state index < -0.39 is 33.8 Å². The summed E-state index contributed by atoms with van der Waals surface area (Å²) in [6.45, 7) is 3.69. The monoisotopic (exact) mass is 524 g/mol. The van der Waals surface area contributed by atoms with Crippen molar-refractivity contribution in [1.29, 1.82) is 0 Å². The summed E-state index contributed by atoms with van der Waals surface area (Å²) in [5, 5.41) is 2.08. The average Bonchev–Trinajstić information content (AvgIpc) is 2.84. The van der Waals surface area contributed by atoms with E-state index in [4.69, 9.17) is 8.92 Å². The molecular weight excluding hydrogens is 503 g/mol. The SMILES string of the molecule is CCOc1cc(/C=C2\C(=O)NC(=O)N(c3ccc(F)cc3)C2=O)ccc1OS(=O)(=O)c1ccc(C)cc1. The molecule has 11 heteroatoms. The molecule has 0 atom stereocenters. The number of nitrogens with zero attached hydrogens (tertiary/aromatic N) is 1. The minimum absolute atomic E-state index is 0.0400. The number of halogens is 1. The van der Waals surface area contributed by atoms with Crippen molar-refractivity contribution in [3.05, 3.63) is 89.2 Å². The van der Waals surface area contributed by atoms with Crippen LogP contribution in [0.15, 0.2) is 77.2 Å². The summed E-state index contributed by atoms with van der Waals surface area (Å²) in [7, 11) is -4.16. The first-order valence-electron chi connectivity index (χ1n) is 11.0. The number of aryl methyl sites for hydroxylation is 1. The van der Waals surface area contributed by atoms with Crippen LogP contribution in [0.4, 0.5) is 14.9 Å². The fourth-order valence-corrected chi connectivity index (χ4v) is 4.41. The first-order chi connectivity index (χ1) is 17.6. The molecule has 1 heterocycles. The van der Waals surface area contributed by atoms with Gasteiger partial charge in [0.15, 0.2) is 11.5 Å². The summed E-state index contributed by atoms with van der Waals surface area (Å²) in [5.41, 5.74) is 0.887. The normalized spacial score (nSPS) is 15.1. The number of hydrogen-bond acceptors (Lipinski definition) is 7. The number of benzene rings is 3. The summed E-state index contributed by atoms with van der Waals surface area (Å²) >= 11 is 0. The molecule has 1 aliphatic heterocycles. The molecule has 1 N–H and O–H groups in total. The molecule has 0 aromatic heterocycles. The van der Waals surface area contributed by atoms with Crippen LogP contribution in [0, 0.1) is 12.7 Å². The highest BCUT2D eigenvalue weighted by Crippen LogP contribution is 2.32. The molecule has 1 aliphatic rings. The van der Waals surface area contributed by atoms with Gasteiger partial charge in [-0.2, -0.15) is 8.42 Å². The van der Waals surface area contributed by atoms with E-state index in [-0.39, 0.29) is 34.3 Å². The molecule has 3 aromatic rings. The molecule has 0 unspecified atom stereocenters. The van der Waals surface area contributed by atoms with Gasteiger partial charge in [-0.1, -0.05) is 23.8 Å². The largest absolute Gasteiger partial charge is 0.490 e. The second-order valence-electron chi connectivity index (χ2n) is 7.92. The Morgan fingerprint density at radius 3 is 2.27 bits per heavy atom. The van der Waals surface area contributed by atoms with Gasteiger partial charge in [0, 0.05) is 0 Å². The van der Waals surface area contributed by atoms with Gasteiger partial charge >= 0.3 is 16.1 Å². The highest BCUT2D eigenvalue weighted by atomic mass is 32.2. The van der Waals surface area contributed by atoms with E-state index in [0.29, 0.717) is 10.5 Å². The van der Waals surface area contributed by atoms with Gasteiger partial charge in [-0.3, -0.25) is 14.9 Å². The fourth-order valence-electron chi connectivity index (χ4n) is 3.47. The quantitative estimate of drug-likeness (QED) is 0.282. The first kappa shape index (κ1) is 25.6. The van der Waals surface area contributed by atoms with Gasteiger partial charge in [-0.25, -0.2) is 14.1 Å². The Morgan fingerprint density at radius 2 is 1.62 bits per heavy atom. The summed E-state index contributed by atoms with van der Waals surface area (Å²) in [6.07, 6.45) is 1.22. The zero-order valence-electron chi connectivity index (χ0n) is 19.7. The van der Waals surface area contributed by atoms with Crippen LogP contribution in [-0.4, -0.2) is 32.9 Å². The third-order valence-corrected chi connectivity index (χ3v) is 6.52. The number of amides is 4. The number of ether oxygens (including phenoxy) is 1. The van der Waals surface area contributed by atoms with Crippen LogP contribution >= 0.6 is 0 Å². The molecule has 1 saturated heterocycles. The third-order valence-electron chi connectivity index (χ3n) is 5.27. The first-order valence-corrected chi connectivity index (χ1v) is 12.4. The van der Waals surface area contributed by atoms with Crippen LogP contribution in [-0.2, 0) is 19.7 Å². The van der Waals surface area contributed by atoms with Crippen molar-refractivity contribution in [1.82, 2.24) is 5.32 Å². The van der Waals surface area contributed by atoms with E-state index in [9.17, 15) is 27.2 Å². The van der Waals surface area contributed by atoms with Gasteiger partial charge in [-0.05, 0) is 74.0 Å². The number of rotatable bonds is 7.